The number of carboxylic acid groups (broad SMARTS) is 1. The molecular formula is C24H38O5. The van der Waals surface area contributed by atoms with E-state index in [9.17, 15) is 25.2 Å². The Morgan fingerprint density at radius 2 is 1.48 bits per heavy atom. The molecule has 0 unspecified atom stereocenters. The summed E-state index contributed by atoms with van der Waals surface area (Å²) in [6, 6.07) is 1.22. The van der Waals surface area contributed by atoms with E-state index >= 15 is 0 Å². The number of aliphatic carboxylic acids is 1. The predicted molar refractivity (Wildman–Crippen MR) is 115 cm³/mol. The van der Waals surface area contributed by atoms with Crippen molar-refractivity contribution < 1.29 is 25.2 Å². The van der Waals surface area contributed by atoms with Gasteiger partial charge in [-0.15, -0.1) is 0 Å². The van der Waals surface area contributed by atoms with Crippen molar-refractivity contribution in [2.75, 3.05) is 0 Å². The van der Waals surface area contributed by atoms with Crippen LogP contribution in [0.4, 0.5) is 0 Å². The van der Waals surface area contributed by atoms with Crippen molar-refractivity contribution in [2.24, 2.45) is 10.8 Å². The standard InChI is InChI=1S/C24H38O5/c1-23(2,3)12-8-4-7-11-18-17(19(25)16-20(26)21(18)27)10-6-5-9-13-24(14-15-24)22(28)29/h16,25-27H,4-15H2,1-3H3,(H,28,29). The van der Waals surface area contributed by atoms with E-state index in [-0.39, 0.29) is 17.2 Å². The van der Waals surface area contributed by atoms with Crippen LogP contribution in [0.5, 0.6) is 17.2 Å². The zero-order chi connectivity index (χ0) is 21.7. The van der Waals surface area contributed by atoms with Crippen LogP contribution < -0.4 is 0 Å². The molecule has 1 aliphatic rings. The van der Waals surface area contributed by atoms with Gasteiger partial charge in [0.2, 0.25) is 0 Å². The molecule has 1 aliphatic carbocycles. The second-order valence-corrected chi connectivity index (χ2v) is 9.99. The second-order valence-electron chi connectivity index (χ2n) is 9.99. The van der Waals surface area contributed by atoms with Crippen LogP contribution in [-0.2, 0) is 17.6 Å². The van der Waals surface area contributed by atoms with Gasteiger partial charge in [-0.25, -0.2) is 0 Å². The van der Waals surface area contributed by atoms with E-state index in [4.69, 9.17) is 0 Å². The third-order valence-electron chi connectivity index (χ3n) is 6.22. The topological polar surface area (TPSA) is 98.0 Å². The minimum atomic E-state index is -0.674. The summed E-state index contributed by atoms with van der Waals surface area (Å²) >= 11 is 0. The first-order valence-corrected chi connectivity index (χ1v) is 11.0. The van der Waals surface area contributed by atoms with Gasteiger partial charge in [-0.05, 0) is 56.8 Å². The number of hydrogen-bond acceptors (Lipinski definition) is 4. The Balaban J connectivity index is 1.87. The molecule has 4 N–H and O–H groups in total. The maximum Gasteiger partial charge on any atom is 0.309 e. The Morgan fingerprint density at radius 3 is 2.03 bits per heavy atom. The highest BCUT2D eigenvalue weighted by atomic mass is 16.4. The average molecular weight is 407 g/mol. The zero-order valence-electron chi connectivity index (χ0n) is 18.3. The van der Waals surface area contributed by atoms with Gasteiger partial charge in [0, 0.05) is 17.2 Å². The molecule has 1 aromatic rings. The summed E-state index contributed by atoms with van der Waals surface area (Å²) in [7, 11) is 0. The average Bonchev–Trinajstić information content (AvgIpc) is 3.40. The fourth-order valence-electron chi connectivity index (χ4n) is 4.08. The molecule has 1 saturated carbocycles. The highest BCUT2D eigenvalue weighted by Gasteiger charge is 2.49. The van der Waals surface area contributed by atoms with Crippen LogP contribution >= 0.6 is 0 Å². The molecule has 1 fully saturated rings. The summed E-state index contributed by atoms with van der Waals surface area (Å²) < 4.78 is 0. The van der Waals surface area contributed by atoms with Crippen molar-refractivity contribution in [3.63, 3.8) is 0 Å². The summed E-state index contributed by atoms with van der Waals surface area (Å²) in [6.07, 6.45) is 10.3. The van der Waals surface area contributed by atoms with Gasteiger partial charge in [-0.1, -0.05) is 46.5 Å². The molecule has 1 aromatic carbocycles. The smallest absolute Gasteiger partial charge is 0.309 e. The van der Waals surface area contributed by atoms with Crippen LogP contribution in [-0.4, -0.2) is 26.4 Å². The summed E-state index contributed by atoms with van der Waals surface area (Å²) in [4.78, 5) is 11.2. The monoisotopic (exact) mass is 406 g/mol. The molecule has 0 amide bonds. The molecule has 0 aliphatic heterocycles. The molecule has 164 valence electrons. The van der Waals surface area contributed by atoms with Crippen LogP contribution in [0.3, 0.4) is 0 Å². The molecule has 2 rings (SSSR count). The molecule has 0 spiro atoms. The highest BCUT2D eigenvalue weighted by molar-refractivity contribution is 5.77. The Hall–Kier alpha value is -1.91. The van der Waals surface area contributed by atoms with Crippen LogP contribution in [0.15, 0.2) is 6.07 Å². The fraction of sp³-hybridized carbons (Fsp3) is 0.708. The maximum atomic E-state index is 11.2. The number of rotatable bonds is 12. The Morgan fingerprint density at radius 1 is 0.897 bits per heavy atom. The molecule has 0 radical (unpaired) electrons. The van der Waals surface area contributed by atoms with Gasteiger partial charge in [-0.2, -0.15) is 0 Å². The van der Waals surface area contributed by atoms with Crippen molar-refractivity contribution in [3.8, 4) is 17.2 Å². The molecule has 0 heterocycles. The summed E-state index contributed by atoms with van der Waals surface area (Å²) in [6.45, 7) is 6.68. The number of phenols is 3. The Labute approximate surface area is 174 Å². The third kappa shape index (κ3) is 6.83. The van der Waals surface area contributed by atoms with Crippen molar-refractivity contribution >= 4 is 5.97 Å². The third-order valence-corrected chi connectivity index (χ3v) is 6.22. The Bertz CT molecular complexity index is 698. The quantitative estimate of drug-likeness (QED) is 0.196. The zero-order valence-corrected chi connectivity index (χ0v) is 18.3. The number of phenolic OH excluding ortho intramolecular Hbond substituents is 3. The summed E-state index contributed by atoms with van der Waals surface area (Å²) in [5, 5.41) is 39.8. The first-order chi connectivity index (χ1) is 13.6. The van der Waals surface area contributed by atoms with E-state index in [0.29, 0.717) is 23.8 Å². The molecule has 0 bridgehead atoms. The first-order valence-electron chi connectivity index (χ1n) is 11.0. The molecule has 29 heavy (non-hydrogen) atoms. The van der Waals surface area contributed by atoms with Crippen molar-refractivity contribution in [2.45, 2.75) is 97.8 Å². The van der Waals surface area contributed by atoms with Gasteiger partial charge in [0.1, 0.15) is 5.75 Å². The molecule has 0 saturated heterocycles. The maximum absolute atomic E-state index is 11.2. The summed E-state index contributed by atoms with van der Waals surface area (Å²) in [5.41, 5.74) is 1.21. The van der Waals surface area contributed by atoms with Crippen LogP contribution in [0.25, 0.3) is 0 Å². The van der Waals surface area contributed by atoms with Crippen LogP contribution in [0.1, 0.15) is 96.1 Å². The van der Waals surface area contributed by atoms with Crippen molar-refractivity contribution in [1.82, 2.24) is 0 Å². The van der Waals surface area contributed by atoms with E-state index in [1.807, 2.05) is 0 Å². The minimum absolute atomic E-state index is 0.0363. The number of carboxylic acids is 1. The number of carbonyl (C=O) groups is 1. The number of unbranched alkanes of at least 4 members (excludes halogenated alkanes) is 4. The van der Waals surface area contributed by atoms with Crippen molar-refractivity contribution in [1.29, 1.82) is 0 Å². The lowest BCUT2D eigenvalue weighted by Gasteiger charge is -2.18. The van der Waals surface area contributed by atoms with Crippen LogP contribution in [0.2, 0.25) is 0 Å². The molecule has 5 nitrogen and oxygen atoms in total. The molecular weight excluding hydrogens is 368 g/mol. The number of hydrogen-bond donors (Lipinski definition) is 4. The Kier molecular flexibility index (Phi) is 7.84. The van der Waals surface area contributed by atoms with Gasteiger partial charge < -0.3 is 20.4 Å². The van der Waals surface area contributed by atoms with E-state index in [2.05, 4.69) is 20.8 Å². The lowest BCUT2D eigenvalue weighted by molar-refractivity contribution is -0.143. The number of benzene rings is 1. The van der Waals surface area contributed by atoms with Gasteiger partial charge in [0.25, 0.3) is 0 Å². The SMILES string of the molecule is CC(C)(C)CCCCCc1c(O)c(O)cc(O)c1CCCCCC1(C(=O)O)CC1. The number of aromatic hydroxyl groups is 3. The van der Waals surface area contributed by atoms with E-state index < -0.39 is 11.4 Å². The van der Waals surface area contributed by atoms with Crippen molar-refractivity contribution in [3.05, 3.63) is 17.2 Å². The van der Waals surface area contributed by atoms with E-state index in [1.165, 1.54) is 6.07 Å². The lowest BCUT2D eigenvalue weighted by Crippen LogP contribution is -2.14. The second kappa shape index (κ2) is 9.73. The molecule has 5 heteroatoms. The van der Waals surface area contributed by atoms with Gasteiger partial charge >= 0.3 is 5.97 Å². The van der Waals surface area contributed by atoms with E-state index in [0.717, 1.165) is 69.8 Å². The van der Waals surface area contributed by atoms with Gasteiger partial charge in [-0.3, -0.25) is 4.79 Å². The predicted octanol–water partition coefficient (Wildman–Crippen LogP) is 5.92. The minimum Gasteiger partial charge on any atom is -0.508 e. The summed E-state index contributed by atoms with van der Waals surface area (Å²) in [5.74, 6) is -1.02. The first kappa shape index (κ1) is 23.4. The highest BCUT2D eigenvalue weighted by Crippen LogP contribution is 2.50. The fourth-order valence-corrected chi connectivity index (χ4v) is 4.08. The van der Waals surface area contributed by atoms with Gasteiger partial charge in [0.05, 0.1) is 5.41 Å². The largest absolute Gasteiger partial charge is 0.508 e. The van der Waals surface area contributed by atoms with Gasteiger partial charge in [0.15, 0.2) is 11.5 Å². The normalized spacial score (nSPS) is 15.4. The van der Waals surface area contributed by atoms with E-state index in [1.54, 1.807) is 0 Å². The molecule has 0 atom stereocenters. The lowest BCUT2D eigenvalue weighted by atomic mass is 9.88. The molecule has 0 aromatic heterocycles. The van der Waals surface area contributed by atoms with Crippen LogP contribution in [0, 0.1) is 10.8 Å².